The number of amides is 2. The van der Waals surface area contributed by atoms with E-state index >= 15 is 0 Å². The molecule has 0 aliphatic heterocycles. The van der Waals surface area contributed by atoms with Crippen molar-refractivity contribution < 1.29 is 19.5 Å². The van der Waals surface area contributed by atoms with E-state index in [1.54, 1.807) is 48.0 Å². The van der Waals surface area contributed by atoms with E-state index in [2.05, 4.69) is 5.32 Å². The zero-order chi connectivity index (χ0) is 19.0. The first-order chi connectivity index (χ1) is 11.8. The average molecular weight is 349 g/mol. The summed E-state index contributed by atoms with van der Waals surface area (Å²) in [5.41, 5.74) is 1.06. The van der Waals surface area contributed by atoms with Crippen molar-refractivity contribution >= 4 is 23.5 Å². The summed E-state index contributed by atoms with van der Waals surface area (Å²) in [4.78, 5) is 38.7. The van der Waals surface area contributed by atoms with Crippen molar-refractivity contribution in [2.75, 3.05) is 32.0 Å². The zero-order valence-corrected chi connectivity index (χ0v) is 15.3. The van der Waals surface area contributed by atoms with Gasteiger partial charge < -0.3 is 15.3 Å². The number of benzene rings is 1. The van der Waals surface area contributed by atoms with E-state index < -0.39 is 12.0 Å². The number of hydrogen-bond acceptors (Lipinski definition) is 4. The lowest BCUT2D eigenvalue weighted by Gasteiger charge is -2.23. The van der Waals surface area contributed by atoms with Crippen molar-refractivity contribution in [2.45, 2.75) is 33.2 Å². The molecule has 0 bridgehead atoms. The molecule has 2 amide bonds. The van der Waals surface area contributed by atoms with Crippen molar-refractivity contribution in [1.29, 1.82) is 0 Å². The molecular weight excluding hydrogens is 322 g/mol. The van der Waals surface area contributed by atoms with Crippen LogP contribution in [0.15, 0.2) is 24.3 Å². The molecule has 7 heteroatoms. The molecule has 0 saturated heterocycles. The molecule has 2 N–H and O–H groups in total. The van der Waals surface area contributed by atoms with Crippen LogP contribution in [0.2, 0.25) is 0 Å². The molecule has 0 radical (unpaired) electrons. The highest BCUT2D eigenvalue weighted by molar-refractivity contribution is 5.98. The highest BCUT2D eigenvalue weighted by Gasteiger charge is 2.19. The quantitative estimate of drug-likeness (QED) is 0.711. The van der Waals surface area contributed by atoms with Gasteiger partial charge in [-0.3, -0.25) is 19.3 Å². The fourth-order valence-corrected chi connectivity index (χ4v) is 2.34. The Kier molecular flexibility index (Phi) is 8.07. The zero-order valence-electron chi connectivity index (χ0n) is 15.3. The summed E-state index contributed by atoms with van der Waals surface area (Å²) in [5, 5.41) is 11.5. The Morgan fingerprint density at radius 1 is 1.20 bits per heavy atom. The van der Waals surface area contributed by atoms with E-state index in [1.165, 1.54) is 0 Å². The van der Waals surface area contributed by atoms with Crippen LogP contribution in [0, 0.1) is 0 Å². The van der Waals surface area contributed by atoms with Crippen LogP contribution in [0.1, 0.15) is 37.6 Å². The van der Waals surface area contributed by atoms with Gasteiger partial charge in [-0.2, -0.15) is 0 Å². The second-order valence-electron chi connectivity index (χ2n) is 5.85. The summed E-state index contributed by atoms with van der Waals surface area (Å²) < 4.78 is 0. The van der Waals surface area contributed by atoms with E-state index in [0.29, 0.717) is 24.3 Å². The molecule has 0 spiro atoms. The number of nitrogens with zero attached hydrogens (tertiary/aromatic N) is 2. The van der Waals surface area contributed by atoms with Gasteiger partial charge in [0, 0.05) is 30.9 Å². The summed E-state index contributed by atoms with van der Waals surface area (Å²) in [6, 6.07) is 6.34. The number of carbonyl (C=O) groups is 3. The van der Waals surface area contributed by atoms with Crippen molar-refractivity contribution in [3.8, 4) is 0 Å². The van der Waals surface area contributed by atoms with Crippen LogP contribution in [0.5, 0.6) is 0 Å². The van der Waals surface area contributed by atoms with E-state index in [4.69, 9.17) is 5.11 Å². The minimum atomic E-state index is -0.901. The summed E-state index contributed by atoms with van der Waals surface area (Å²) in [6.07, 6.45) is -0.0258. The smallest absolute Gasteiger partial charge is 0.304 e. The molecule has 0 aliphatic rings. The number of rotatable bonds is 9. The van der Waals surface area contributed by atoms with Crippen molar-refractivity contribution in [3.05, 3.63) is 29.8 Å². The lowest BCUT2D eigenvalue weighted by molar-refractivity contribution is -0.137. The third-order valence-electron chi connectivity index (χ3n) is 4.15. The van der Waals surface area contributed by atoms with Gasteiger partial charge in [-0.1, -0.05) is 6.07 Å². The molecule has 1 aromatic rings. The van der Waals surface area contributed by atoms with Gasteiger partial charge in [0.15, 0.2) is 0 Å². The lowest BCUT2D eigenvalue weighted by atomic mass is 10.1. The summed E-state index contributed by atoms with van der Waals surface area (Å²) in [7, 11) is 1.70. The largest absolute Gasteiger partial charge is 0.481 e. The van der Waals surface area contributed by atoms with Gasteiger partial charge in [-0.05, 0) is 46.0 Å². The van der Waals surface area contributed by atoms with Crippen LogP contribution >= 0.6 is 0 Å². The van der Waals surface area contributed by atoms with Crippen LogP contribution in [0.25, 0.3) is 0 Å². The van der Waals surface area contributed by atoms with Gasteiger partial charge in [-0.25, -0.2) is 0 Å². The summed E-state index contributed by atoms with van der Waals surface area (Å²) in [5.74, 6) is -1.23. The maximum atomic E-state index is 12.4. The number of carbonyl (C=O) groups excluding carboxylic acids is 2. The van der Waals surface area contributed by atoms with Crippen LogP contribution in [-0.4, -0.2) is 65.4 Å². The first-order valence-electron chi connectivity index (χ1n) is 8.42. The molecule has 0 fully saturated rings. The fraction of sp³-hybridized carbons (Fsp3) is 0.500. The molecule has 0 heterocycles. The van der Waals surface area contributed by atoms with Crippen LogP contribution in [0.4, 0.5) is 5.69 Å². The maximum Gasteiger partial charge on any atom is 0.304 e. The Balaban J connectivity index is 2.76. The van der Waals surface area contributed by atoms with Crippen molar-refractivity contribution in [3.63, 3.8) is 0 Å². The van der Waals surface area contributed by atoms with Crippen molar-refractivity contribution in [1.82, 2.24) is 9.80 Å². The molecular formula is C18H27N3O4. The molecule has 1 rings (SSSR count). The molecule has 0 aliphatic carbocycles. The number of hydrogen-bond donors (Lipinski definition) is 2. The normalized spacial score (nSPS) is 11.9. The van der Waals surface area contributed by atoms with Gasteiger partial charge in [0.1, 0.15) is 0 Å². The van der Waals surface area contributed by atoms with Gasteiger partial charge in [0.25, 0.3) is 5.91 Å². The van der Waals surface area contributed by atoms with Gasteiger partial charge in [0.05, 0.1) is 12.5 Å². The highest BCUT2D eigenvalue weighted by atomic mass is 16.4. The molecule has 25 heavy (non-hydrogen) atoms. The summed E-state index contributed by atoms with van der Waals surface area (Å²) >= 11 is 0. The molecule has 1 aromatic carbocycles. The minimum Gasteiger partial charge on any atom is -0.481 e. The number of nitrogens with one attached hydrogen (secondary N) is 1. The molecule has 7 nitrogen and oxygen atoms in total. The van der Waals surface area contributed by atoms with Crippen LogP contribution in [0.3, 0.4) is 0 Å². The standard InChI is InChI=1S/C18H27N3O4/c1-5-21(6-2)18(25)14-8-7-9-15(12-14)19-17(24)13(3)20(4)11-10-16(22)23/h7-9,12-13H,5-6,10-11H2,1-4H3,(H,19,24)(H,22,23). The third kappa shape index (κ3) is 6.19. The van der Waals surface area contributed by atoms with Crippen LogP contribution in [-0.2, 0) is 9.59 Å². The molecule has 1 atom stereocenters. The Bertz CT molecular complexity index is 614. The topological polar surface area (TPSA) is 90.0 Å². The van der Waals surface area contributed by atoms with E-state index in [9.17, 15) is 14.4 Å². The highest BCUT2D eigenvalue weighted by Crippen LogP contribution is 2.14. The minimum absolute atomic E-state index is 0.0258. The SMILES string of the molecule is CCN(CC)C(=O)c1cccc(NC(=O)C(C)N(C)CCC(=O)O)c1. The number of likely N-dealkylation sites (N-methyl/N-ethyl adjacent to an activating group) is 1. The number of carboxylic acid groups (broad SMARTS) is 1. The first kappa shape index (κ1) is 20.6. The van der Waals surface area contributed by atoms with E-state index in [-0.39, 0.29) is 24.8 Å². The fourth-order valence-electron chi connectivity index (χ4n) is 2.34. The van der Waals surface area contributed by atoms with Crippen molar-refractivity contribution in [2.24, 2.45) is 0 Å². The molecule has 0 saturated carbocycles. The predicted octanol–water partition coefficient (Wildman–Crippen LogP) is 1.90. The Labute approximate surface area is 148 Å². The first-order valence-corrected chi connectivity index (χ1v) is 8.42. The molecule has 0 aromatic heterocycles. The van der Waals surface area contributed by atoms with Gasteiger partial charge in [-0.15, -0.1) is 0 Å². The lowest BCUT2D eigenvalue weighted by Crippen LogP contribution is -2.40. The second kappa shape index (κ2) is 9.78. The third-order valence-corrected chi connectivity index (χ3v) is 4.15. The summed E-state index contributed by atoms with van der Waals surface area (Å²) in [6.45, 7) is 7.07. The average Bonchev–Trinajstić information content (AvgIpc) is 2.60. The molecule has 138 valence electrons. The maximum absolute atomic E-state index is 12.4. The Morgan fingerprint density at radius 3 is 2.40 bits per heavy atom. The predicted molar refractivity (Wildman–Crippen MR) is 96.7 cm³/mol. The Hall–Kier alpha value is -2.41. The van der Waals surface area contributed by atoms with Gasteiger partial charge >= 0.3 is 5.97 Å². The van der Waals surface area contributed by atoms with E-state index in [0.717, 1.165) is 0 Å². The number of aliphatic carboxylic acids is 1. The van der Waals surface area contributed by atoms with Crippen LogP contribution < -0.4 is 5.32 Å². The van der Waals surface area contributed by atoms with E-state index in [1.807, 2.05) is 13.8 Å². The number of carboxylic acids is 1. The number of anilines is 1. The molecule has 1 unspecified atom stereocenters. The van der Waals surface area contributed by atoms with Gasteiger partial charge in [0.2, 0.25) is 5.91 Å². The monoisotopic (exact) mass is 349 g/mol. The second-order valence-corrected chi connectivity index (χ2v) is 5.85. The Morgan fingerprint density at radius 2 is 1.84 bits per heavy atom.